The number of halogens is 3. The van der Waals surface area contributed by atoms with E-state index in [4.69, 9.17) is 25.7 Å². The summed E-state index contributed by atoms with van der Waals surface area (Å²) in [4.78, 5) is 29.6. The fraction of sp³-hybridized carbons (Fsp3) is 0. The summed E-state index contributed by atoms with van der Waals surface area (Å²) in [6.45, 7) is 0. The summed E-state index contributed by atoms with van der Waals surface area (Å²) in [6.07, 6.45) is 2.93. The van der Waals surface area contributed by atoms with Crippen molar-refractivity contribution in [1.29, 1.82) is 0 Å². The number of nitrogen functional groups attached to an aromatic ring is 2. The van der Waals surface area contributed by atoms with Gasteiger partial charge < -0.3 is 21.9 Å². The van der Waals surface area contributed by atoms with Crippen molar-refractivity contribution < 1.29 is 28.5 Å². The van der Waals surface area contributed by atoms with Crippen molar-refractivity contribution in [1.82, 2.24) is 9.97 Å². The number of carboxylic acid groups (broad SMARTS) is 1. The molecule has 2 aromatic heterocycles. The van der Waals surface area contributed by atoms with Gasteiger partial charge in [0.25, 0.3) is 5.91 Å². The third-order valence-corrected chi connectivity index (χ3v) is 3.13. The summed E-state index contributed by atoms with van der Waals surface area (Å²) >= 11 is 0. The Bertz CT molecular complexity index is 914. The lowest BCUT2D eigenvalue weighted by molar-refractivity contribution is 0.0691. The molecule has 0 spiro atoms. The van der Waals surface area contributed by atoms with Crippen LogP contribution in [0.15, 0.2) is 67.0 Å². The number of aromatic carboxylic acids is 1. The average molecular weight is 409 g/mol. The van der Waals surface area contributed by atoms with E-state index in [1.165, 1.54) is 18.5 Å². The van der Waals surface area contributed by atoms with Gasteiger partial charge in [0.1, 0.15) is 0 Å². The molecule has 0 saturated carbocycles. The van der Waals surface area contributed by atoms with Crippen LogP contribution in [0.3, 0.4) is 0 Å². The number of aromatic nitrogens is 2. The number of carbonyl (C=O) groups excluding carboxylic acids is 1. The highest BCUT2D eigenvalue weighted by Gasteiger charge is 2.10. The van der Waals surface area contributed by atoms with Crippen molar-refractivity contribution in [2.75, 3.05) is 16.8 Å². The number of amides is 1. The van der Waals surface area contributed by atoms with Gasteiger partial charge in [-0.05, 0) is 36.4 Å². The molecule has 0 aliphatic heterocycles. The first-order valence-corrected chi connectivity index (χ1v) is 7.64. The van der Waals surface area contributed by atoms with Crippen LogP contribution in [0, 0.1) is 0 Å². The Hall–Kier alpha value is -4.15. The van der Waals surface area contributed by atoms with Gasteiger partial charge >= 0.3 is 5.97 Å². The first-order valence-electron chi connectivity index (χ1n) is 7.64. The first-order chi connectivity index (χ1) is 13.5. The van der Waals surface area contributed by atoms with Crippen LogP contribution in [0.25, 0.3) is 0 Å². The highest BCUT2D eigenvalue weighted by Crippen LogP contribution is 2.11. The number of rotatable bonds is 3. The third-order valence-electron chi connectivity index (χ3n) is 3.13. The molecule has 154 valence electrons. The van der Waals surface area contributed by atoms with E-state index in [1.807, 2.05) is 18.2 Å². The predicted molar refractivity (Wildman–Crippen MR) is 103 cm³/mol. The Morgan fingerprint density at radius 2 is 1.31 bits per heavy atom. The Balaban J connectivity index is 0.000000524. The van der Waals surface area contributed by atoms with Gasteiger partial charge in [0.05, 0.1) is 11.4 Å². The van der Waals surface area contributed by atoms with Gasteiger partial charge in [-0.3, -0.25) is 9.50 Å². The minimum atomic E-state index is -1.10. The molecule has 0 radical (unpaired) electrons. The molecule has 3 aromatic rings. The average Bonchev–Trinajstić information content (AvgIpc) is 2.71. The maximum Gasteiger partial charge on any atom is 0.356 e. The smallest absolute Gasteiger partial charge is 0.356 e. The van der Waals surface area contributed by atoms with Crippen LogP contribution in [0.5, 0.6) is 0 Å². The number of pyridine rings is 2. The molecule has 11 heteroatoms. The largest absolute Gasteiger partial charge is 0.476 e. The standard InChI is InChI=1S/C12H11N3O.C6H6N2O2.F2.FH/c13-10-7-4-8-14-11(10)12(16)15-9-5-2-1-3-6-9;7-4-2-1-3-8-5(4)6(9)10;1-2;/h1-8H,13H2,(H,15,16);1-3H,7H2,(H,9,10);;1H. The Kier molecular flexibility index (Phi) is 11.2. The van der Waals surface area contributed by atoms with Gasteiger partial charge in [-0.2, -0.15) is 0 Å². The van der Waals surface area contributed by atoms with Crippen LogP contribution in [0.4, 0.5) is 30.9 Å². The summed E-state index contributed by atoms with van der Waals surface area (Å²) in [6, 6.07) is 15.6. The van der Waals surface area contributed by atoms with E-state index < -0.39 is 5.97 Å². The van der Waals surface area contributed by atoms with Crippen LogP contribution in [-0.2, 0) is 0 Å². The molecule has 2 heterocycles. The van der Waals surface area contributed by atoms with Gasteiger partial charge in [-0.25, -0.2) is 14.8 Å². The molecular formula is C18H18F3N5O3. The zero-order valence-electron chi connectivity index (χ0n) is 14.8. The Morgan fingerprint density at radius 1 is 0.828 bits per heavy atom. The fourth-order valence-electron chi connectivity index (χ4n) is 1.92. The molecule has 0 atom stereocenters. The maximum atomic E-state index is 11.8. The monoisotopic (exact) mass is 409 g/mol. The molecule has 0 saturated heterocycles. The summed E-state index contributed by atoms with van der Waals surface area (Å²) in [5.41, 5.74) is 12.4. The lowest BCUT2D eigenvalue weighted by Gasteiger charge is -2.05. The molecule has 0 unspecified atom stereocenters. The summed E-state index contributed by atoms with van der Waals surface area (Å²) in [5, 5.41) is 11.1. The Labute approximate surface area is 163 Å². The highest BCUT2D eigenvalue weighted by atomic mass is 20.0. The van der Waals surface area contributed by atoms with Crippen LogP contribution in [0.2, 0.25) is 0 Å². The second-order valence-electron chi connectivity index (χ2n) is 5.01. The lowest BCUT2D eigenvalue weighted by atomic mass is 10.2. The van der Waals surface area contributed by atoms with E-state index in [9.17, 15) is 9.59 Å². The van der Waals surface area contributed by atoms with E-state index in [1.54, 1.807) is 30.3 Å². The SMILES string of the molecule is F.FF.Nc1cccnc1C(=O)Nc1ccccc1.Nc1cccnc1C(=O)O. The third kappa shape index (κ3) is 7.95. The van der Waals surface area contributed by atoms with Crippen molar-refractivity contribution in [2.24, 2.45) is 0 Å². The van der Waals surface area contributed by atoms with E-state index >= 15 is 0 Å². The number of benzene rings is 1. The normalized spacial score (nSPS) is 8.76. The maximum absolute atomic E-state index is 11.8. The summed E-state index contributed by atoms with van der Waals surface area (Å²) < 4.78 is 16.0. The predicted octanol–water partition coefficient (Wildman–Crippen LogP) is 3.27. The molecule has 29 heavy (non-hydrogen) atoms. The van der Waals surface area contributed by atoms with Gasteiger partial charge in [-0.15, -0.1) is 0 Å². The number of nitrogens with two attached hydrogens (primary N) is 2. The molecule has 0 aliphatic carbocycles. The number of carbonyl (C=O) groups is 2. The number of hydrogen-bond donors (Lipinski definition) is 4. The van der Waals surface area contributed by atoms with Gasteiger partial charge in [0, 0.05) is 27.2 Å². The second kappa shape index (κ2) is 13.1. The van der Waals surface area contributed by atoms with Crippen molar-refractivity contribution in [3.05, 3.63) is 78.4 Å². The van der Waals surface area contributed by atoms with Gasteiger partial charge in [-0.1, -0.05) is 18.2 Å². The zero-order valence-corrected chi connectivity index (χ0v) is 14.8. The minimum absolute atomic E-state index is 0. The Morgan fingerprint density at radius 3 is 1.72 bits per heavy atom. The van der Waals surface area contributed by atoms with Crippen LogP contribution >= 0.6 is 0 Å². The second-order valence-corrected chi connectivity index (χ2v) is 5.01. The minimum Gasteiger partial charge on any atom is -0.476 e. The van der Waals surface area contributed by atoms with Crippen LogP contribution in [0.1, 0.15) is 21.0 Å². The molecule has 1 aromatic carbocycles. The van der Waals surface area contributed by atoms with Crippen LogP contribution in [-0.4, -0.2) is 27.0 Å². The number of nitrogens with one attached hydrogen (secondary N) is 1. The van der Waals surface area contributed by atoms with E-state index in [0.717, 1.165) is 5.69 Å². The van der Waals surface area contributed by atoms with Crippen molar-refractivity contribution in [3.8, 4) is 0 Å². The van der Waals surface area contributed by atoms with Crippen molar-refractivity contribution in [3.63, 3.8) is 0 Å². The van der Waals surface area contributed by atoms with Crippen LogP contribution < -0.4 is 16.8 Å². The first kappa shape index (κ1) is 24.8. The molecule has 6 N–H and O–H groups in total. The van der Waals surface area contributed by atoms with E-state index in [-0.39, 0.29) is 27.7 Å². The molecular weight excluding hydrogens is 391 g/mol. The molecule has 0 aliphatic rings. The molecule has 0 fully saturated rings. The highest BCUT2D eigenvalue weighted by molar-refractivity contribution is 6.06. The van der Waals surface area contributed by atoms with Gasteiger partial charge in [0.15, 0.2) is 11.4 Å². The number of anilines is 3. The number of carboxylic acids is 1. The number of hydrogen-bond acceptors (Lipinski definition) is 6. The van der Waals surface area contributed by atoms with Crippen molar-refractivity contribution in [2.45, 2.75) is 0 Å². The number of para-hydroxylation sites is 1. The summed E-state index contributed by atoms with van der Waals surface area (Å²) in [5.74, 6) is -1.40. The molecule has 8 nitrogen and oxygen atoms in total. The van der Waals surface area contributed by atoms with E-state index in [2.05, 4.69) is 15.3 Å². The van der Waals surface area contributed by atoms with Gasteiger partial charge in [0.2, 0.25) is 0 Å². The lowest BCUT2D eigenvalue weighted by Crippen LogP contribution is -2.15. The molecule has 3 rings (SSSR count). The molecule has 1 amide bonds. The van der Waals surface area contributed by atoms with Crippen molar-refractivity contribution >= 4 is 28.9 Å². The fourth-order valence-corrected chi connectivity index (χ4v) is 1.92. The van der Waals surface area contributed by atoms with E-state index in [0.29, 0.717) is 5.69 Å². The summed E-state index contributed by atoms with van der Waals surface area (Å²) in [7, 11) is 0. The number of nitrogens with zero attached hydrogens (tertiary/aromatic N) is 2. The zero-order chi connectivity index (χ0) is 20.9. The molecule has 0 bridgehead atoms. The quantitative estimate of drug-likeness (QED) is 0.519. The topological polar surface area (TPSA) is 144 Å².